The average molecular weight is 292 g/mol. The molecule has 0 spiro atoms. The summed E-state index contributed by atoms with van der Waals surface area (Å²) in [7, 11) is 0. The predicted molar refractivity (Wildman–Crippen MR) is 71.7 cm³/mol. The minimum absolute atomic E-state index is 0. The second kappa shape index (κ2) is 7.85. The first-order valence-corrected chi connectivity index (χ1v) is 6.64. The number of ether oxygens (including phenoxy) is 1. The van der Waals surface area contributed by atoms with Crippen molar-refractivity contribution in [1.82, 2.24) is 0 Å². The highest BCUT2D eigenvalue weighted by Crippen LogP contribution is 2.25. The molecule has 0 amide bonds. The largest absolute Gasteiger partial charge is 1.00 e. The second-order valence-corrected chi connectivity index (χ2v) is 5.53. The number of hydrogen-bond acceptors (Lipinski definition) is 1. The average Bonchev–Trinajstić information content (AvgIpc) is 2.23. The number of aromatic nitrogens is 1. The lowest BCUT2D eigenvalue weighted by Crippen LogP contribution is -3.00. The number of hydrogen-bond donors (Lipinski definition) is 0. The van der Waals surface area contributed by atoms with E-state index in [-0.39, 0.29) is 12.4 Å². The molecule has 0 unspecified atom stereocenters. The molecule has 0 N–H and O–H groups in total. The fraction of sp³-hybridized carbons (Fsp3) is 0.643. The van der Waals surface area contributed by atoms with Gasteiger partial charge in [0.1, 0.15) is 0 Å². The molecule has 0 saturated heterocycles. The minimum atomic E-state index is 0. The van der Waals surface area contributed by atoms with Crippen LogP contribution in [0.3, 0.4) is 0 Å². The molecule has 0 saturated carbocycles. The minimum Gasteiger partial charge on any atom is -1.00 e. The summed E-state index contributed by atoms with van der Waals surface area (Å²) in [6.45, 7) is 11.4. The van der Waals surface area contributed by atoms with Crippen LogP contribution in [0.5, 0.6) is 5.88 Å². The van der Waals surface area contributed by atoms with Gasteiger partial charge >= 0.3 is 5.88 Å². The monoisotopic (exact) mass is 291 g/mol. The van der Waals surface area contributed by atoms with Crippen LogP contribution in [-0.4, -0.2) is 6.61 Å². The normalized spacial score (nSPS) is 10.7. The topological polar surface area (TPSA) is 13.1 Å². The maximum Gasteiger partial charge on any atom is 0.387 e. The van der Waals surface area contributed by atoms with Gasteiger partial charge in [-0.1, -0.05) is 25.4 Å². The summed E-state index contributed by atoms with van der Waals surface area (Å²) in [4.78, 5) is 0. The number of nitrogens with zero attached hydrogens (tertiary/aromatic N) is 1. The van der Waals surface area contributed by atoms with Crippen LogP contribution in [0.4, 0.5) is 0 Å². The summed E-state index contributed by atoms with van der Waals surface area (Å²) in [6.07, 6.45) is 3.08. The van der Waals surface area contributed by atoms with Gasteiger partial charge in [0.25, 0.3) is 0 Å². The Morgan fingerprint density at radius 3 is 2.39 bits per heavy atom. The molecule has 4 heteroatoms. The summed E-state index contributed by atoms with van der Waals surface area (Å²) in [5.74, 6) is 1.44. The van der Waals surface area contributed by atoms with Crippen molar-refractivity contribution < 1.29 is 21.7 Å². The molecule has 2 nitrogen and oxygen atoms in total. The van der Waals surface area contributed by atoms with Crippen LogP contribution in [-0.2, 0) is 0 Å². The molecule has 0 aliphatic heterocycles. The standard InChI is InChI=1S/C14H23ClNO.ClH/c1-10(2)7-9-17-14-13(15)12(5)6-8-16(14)11(3)4;/h6,8,10-11H,7,9H2,1-5H3;1H/q+1;/p-1. The summed E-state index contributed by atoms with van der Waals surface area (Å²) in [5.41, 5.74) is 1.06. The molecule has 1 heterocycles. The van der Waals surface area contributed by atoms with Crippen LogP contribution in [0.1, 0.15) is 45.7 Å². The van der Waals surface area contributed by atoms with Crippen LogP contribution in [0, 0.1) is 12.8 Å². The molecule has 0 atom stereocenters. The van der Waals surface area contributed by atoms with Gasteiger partial charge in [-0.15, -0.1) is 0 Å². The van der Waals surface area contributed by atoms with Crippen LogP contribution in [0.25, 0.3) is 0 Å². The van der Waals surface area contributed by atoms with Crippen molar-refractivity contribution in [2.24, 2.45) is 5.92 Å². The number of aryl methyl sites for hydroxylation is 1. The summed E-state index contributed by atoms with van der Waals surface area (Å²) in [6, 6.07) is 2.37. The van der Waals surface area contributed by atoms with E-state index >= 15 is 0 Å². The van der Waals surface area contributed by atoms with Gasteiger partial charge < -0.3 is 17.1 Å². The van der Waals surface area contributed by atoms with E-state index in [1.54, 1.807) is 0 Å². The third kappa shape index (κ3) is 4.66. The molecule has 0 fully saturated rings. The molecule has 104 valence electrons. The smallest absolute Gasteiger partial charge is 0.387 e. The van der Waals surface area contributed by atoms with Gasteiger partial charge in [0, 0.05) is 6.07 Å². The third-order valence-electron chi connectivity index (χ3n) is 2.74. The van der Waals surface area contributed by atoms with Crippen molar-refractivity contribution in [2.45, 2.75) is 47.1 Å². The molecular weight excluding hydrogens is 269 g/mol. The predicted octanol–water partition coefficient (Wildman–Crippen LogP) is 0.946. The van der Waals surface area contributed by atoms with E-state index < -0.39 is 0 Å². The van der Waals surface area contributed by atoms with Crippen LogP contribution >= 0.6 is 11.6 Å². The van der Waals surface area contributed by atoms with Crippen molar-refractivity contribution in [2.75, 3.05) is 6.61 Å². The summed E-state index contributed by atoms with van der Waals surface area (Å²) in [5, 5.41) is 0.727. The zero-order valence-corrected chi connectivity index (χ0v) is 13.3. The van der Waals surface area contributed by atoms with Crippen molar-refractivity contribution in [3.05, 3.63) is 22.8 Å². The second-order valence-electron chi connectivity index (χ2n) is 5.15. The van der Waals surface area contributed by atoms with Gasteiger partial charge in [-0.2, -0.15) is 4.57 Å². The molecule has 0 aromatic carbocycles. The van der Waals surface area contributed by atoms with Crippen molar-refractivity contribution in [3.8, 4) is 5.88 Å². The van der Waals surface area contributed by atoms with E-state index in [0.29, 0.717) is 18.6 Å². The number of halogens is 2. The van der Waals surface area contributed by atoms with Gasteiger partial charge in [0.05, 0.1) is 6.61 Å². The summed E-state index contributed by atoms with van der Waals surface area (Å²) < 4.78 is 7.93. The lowest BCUT2D eigenvalue weighted by atomic mass is 10.1. The van der Waals surface area contributed by atoms with Gasteiger partial charge in [0.2, 0.25) is 0 Å². The first kappa shape index (κ1) is 17.5. The fourth-order valence-corrected chi connectivity index (χ4v) is 1.77. The molecular formula is C14H23Cl2NO. The van der Waals surface area contributed by atoms with Crippen LogP contribution in [0.2, 0.25) is 5.02 Å². The van der Waals surface area contributed by atoms with E-state index in [1.807, 2.05) is 19.2 Å². The quantitative estimate of drug-likeness (QED) is 0.736. The molecule has 0 radical (unpaired) electrons. The Hall–Kier alpha value is -0.470. The Morgan fingerprint density at radius 2 is 1.89 bits per heavy atom. The highest BCUT2D eigenvalue weighted by Gasteiger charge is 2.21. The van der Waals surface area contributed by atoms with Crippen molar-refractivity contribution >= 4 is 11.6 Å². The highest BCUT2D eigenvalue weighted by molar-refractivity contribution is 6.32. The fourth-order valence-electron chi connectivity index (χ4n) is 1.55. The van der Waals surface area contributed by atoms with Crippen molar-refractivity contribution in [3.63, 3.8) is 0 Å². The molecule has 18 heavy (non-hydrogen) atoms. The SMILES string of the molecule is Cc1cc[n+](C(C)C)c(OCCC(C)C)c1Cl.[Cl-]. The van der Waals surface area contributed by atoms with Gasteiger partial charge in [-0.3, -0.25) is 0 Å². The Labute approximate surface area is 122 Å². The van der Waals surface area contributed by atoms with Crippen LogP contribution < -0.4 is 21.7 Å². The van der Waals surface area contributed by atoms with E-state index in [1.165, 1.54) is 0 Å². The van der Waals surface area contributed by atoms with Gasteiger partial charge in [-0.25, -0.2) is 0 Å². The zero-order chi connectivity index (χ0) is 13.0. The molecule has 1 aromatic heterocycles. The number of pyridine rings is 1. The van der Waals surface area contributed by atoms with Crippen molar-refractivity contribution in [1.29, 1.82) is 0 Å². The Morgan fingerprint density at radius 1 is 1.28 bits per heavy atom. The number of rotatable bonds is 5. The van der Waals surface area contributed by atoms with Gasteiger partial charge in [-0.05, 0) is 38.7 Å². The Bertz CT molecular complexity index is 378. The van der Waals surface area contributed by atoms with E-state index in [2.05, 4.69) is 32.3 Å². The maximum atomic E-state index is 6.31. The first-order valence-electron chi connectivity index (χ1n) is 6.26. The Balaban J connectivity index is 0.00000289. The molecule has 0 aliphatic rings. The molecule has 1 rings (SSSR count). The van der Waals surface area contributed by atoms with E-state index in [0.717, 1.165) is 22.9 Å². The van der Waals surface area contributed by atoms with Crippen LogP contribution in [0.15, 0.2) is 12.3 Å². The first-order chi connectivity index (χ1) is 7.93. The Kier molecular flexibility index (Phi) is 7.65. The molecule has 0 aliphatic carbocycles. The molecule has 0 bridgehead atoms. The van der Waals surface area contributed by atoms with E-state index in [4.69, 9.17) is 16.3 Å². The lowest BCUT2D eigenvalue weighted by Gasteiger charge is -2.11. The maximum absolute atomic E-state index is 6.31. The van der Waals surface area contributed by atoms with Gasteiger partial charge in [0.15, 0.2) is 17.3 Å². The molecule has 1 aromatic rings. The zero-order valence-electron chi connectivity index (χ0n) is 11.8. The summed E-state index contributed by atoms with van der Waals surface area (Å²) >= 11 is 6.31. The third-order valence-corrected chi connectivity index (χ3v) is 3.20. The lowest BCUT2D eigenvalue weighted by molar-refractivity contribution is -0.720. The van der Waals surface area contributed by atoms with E-state index in [9.17, 15) is 0 Å². The highest BCUT2D eigenvalue weighted by atomic mass is 35.5.